The van der Waals surface area contributed by atoms with Crippen molar-refractivity contribution in [2.75, 3.05) is 28.4 Å². The van der Waals surface area contributed by atoms with E-state index in [0.29, 0.717) is 40.8 Å². The van der Waals surface area contributed by atoms with E-state index in [9.17, 15) is 4.79 Å². The van der Waals surface area contributed by atoms with Crippen LogP contribution in [0.2, 0.25) is 0 Å². The number of carbonyl (C=O) groups excluding carboxylic acids is 1. The van der Waals surface area contributed by atoms with Gasteiger partial charge in [-0.3, -0.25) is 4.79 Å². The van der Waals surface area contributed by atoms with Crippen molar-refractivity contribution in [3.05, 3.63) is 53.2 Å². The number of nitrogens with one attached hydrogen (secondary N) is 1. The molecule has 146 valence electrons. The van der Waals surface area contributed by atoms with Crippen LogP contribution in [0.5, 0.6) is 23.0 Å². The van der Waals surface area contributed by atoms with Crippen LogP contribution < -0.4 is 24.3 Å². The highest BCUT2D eigenvalue weighted by Gasteiger charge is 2.21. The number of carbonyl (C=O) groups is 1. The molecule has 0 bridgehead atoms. The number of nitrogens with zero attached hydrogens (tertiary/aromatic N) is 1. The van der Waals surface area contributed by atoms with Crippen LogP contribution in [0.15, 0.2) is 47.1 Å². The molecule has 3 rings (SSSR count). The lowest BCUT2D eigenvalue weighted by atomic mass is 10.1. The summed E-state index contributed by atoms with van der Waals surface area (Å²) in [6.45, 7) is 0. The van der Waals surface area contributed by atoms with E-state index >= 15 is 0 Å². The van der Waals surface area contributed by atoms with Gasteiger partial charge in [-0.1, -0.05) is 12.1 Å². The smallest absolute Gasteiger partial charge is 0.275 e. The first-order valence-corrected chi connectivity index (χ1v) is 8.61. The number of amidine groups is 1. The molecule has 1 aliphatic heterocycles. The summed E-state index contributed by atoms with van der Waals surface area (Å²) in [7, 11) is 6.25. The molecule has 7 nitrogen and oxygen atoms in total. The van der Waals surface area contributed by atoms with E-state index in [4.69, 9.17) is 18.9 Å². The third kappa shape index (κ3) is 4.09. The third-order valence-corrected chi connectivity index (χ3v) is 4.27. The summed E-state index contributed by atoms with van der Waals surface area (Å²) >= 11 is 0. The van der Waals surface area contributed by atoms with Gasteiger partial charge in [-0.05, 0) is 41.5 Å². The van der Waals surface area contributed by atoms with E-state index < -0.39 is 0 Å². The Bertz CT molecular complexity index is 907. The first-order chi connectivity index (χ1) is 13.6. The van der Waals surface area contributed by atoms with Crippen LogP contribution in [-0.4, -0.2) is 40.2 Å². The van der Waals surface area contributed by atoms with Gasteiger partial charge >= 0.3 is 0 Å². The Morgan fingerprint density at radius 1 is 0.929 bits per heavy atom. The fourth-order valence-electron chi connectivity index (χ4n) is 2.88. The maximum absolute atomic E-state index is 12.3. The molecule has 0 aliphatic carbocycles. The highest BCUT2D eigenvalue weighted by Crippen LogP contribution is 2.38. The van der Waals surface area contributed by atoms with Crippen molar-refractivity contribution in [3.63, 3.8) is 0 Å². The summed E-state index contributed by atoms with van der Waals surface area (Å²) in [6.07, 6.45) is 2.20. The number of hydrogen-bond acceptors (Lipinski definition) is 6. The van der Waals surface area contributed by atoms with E-state index in [1.165, 1.54) is 0 Å². The second kappa shape index (κ2) is 8.47. The van der Waals surface area contributed by atoms with Gasteiger partial charge in [0.05, 0.1) is 28.4 Å². The van der Waals surface area contributed by atoms with Crippen molar-refractivity contribution in [1.82, 2.24) is 5.32 Å². The molecule has 0 radical (unpaired) electrons. The van der Waals surface area contributed by atoms with Crippen LogP contribution in [0.4, 0.5) is 0 Å². The molecule has 0 saturated heterocycles. The lowest BCUT2D eigenvalue weighted by Gasteiger charge is -2.12. The summed E-state index contributed by atoms with van der Waals surface area (Å²) in [5, 5.41) is 2.81. The van der Waals surface area contributed by atoms with Gasteiger partial charge in [-0.2, -0.15) is 0 Å². The Labute approximate surface area is 163 Å². The SMILES string of the molecule is COc1ccc(CC2=N/C(=C/c3cc(OC)c(OC)c(OC)c3)C(=O)N2)cc1. The Hall–Kier alpha value is -3.48. The minimum absolute atomic E-state index is 0.253. The van der Waals surface area contributed by atoms with Crippen LogP contribution in [-0.2, 0) is 11.2 Å². The number of hydrogen-bond donors (Lipinski definition) is 1. The average Bonchev–Trinajstić information content (AvgIpc) is 3.06. The second-order valence-electron chi connectivity index (χ2n) is 6.03. The molecule has 2 aromatic carbocycles. The quantitative estimate of drug-likeness (QED) is 0.745. The zero-order valence-corrected chi connectivity index (χ0v) is 16.2. The lowest BCUT2D eigenvalue weighted by Crippen LogP contribution is -2.25. The van der Waals surface area contributed by atoms with Gasteiger partial charge in [0, 0.05) is 6.42 Å². The van der Waals surface area contributed by atoms with E-state index in [1.54, 1.807) is 46.6 Å². The number of aliphatic imine (C=N–C) groups is 1. The molecule has 0 atom stereocenters. The molecule has 28 heavy (non-hydrogen) atoms. The van der Waals surface area contributed by atoms with Crippen LogP contribution in [0.25, 0.3) is 6.08 Å². The van der Waals surface area contributed by atoms with Crippen molar-refractivity contribution in [1.29, 1.82) is 0 Å². The van der Waals surface area contributed by atoms with Gasteiger partial charge in [0.2, 0.25) is 5.75 Å². The van der Waals surface area contributed by atoms with Crippen molar-refractivity contribution < 1.29 is 23.7 Å². The number of methoxy groups -OCH3 is 4. The Morgan fingerprint density at radius 2 is 1.57 bits per heavy atom. The highest BCUT2D eigenvalue weighted by molar-refractivity contribution is 6.14. The Morgan fingerprint density at radius 3 is 2.11 bits per heavy atom. The molecule has 0 spiro atoms. The van der Waals surface area contributed by atoms with Crippen molar-refractivity contribution in [3.8, 4) is 23.0 Å². The minimum Gasteiger partial charge on any atom is -0.497 e. The van der Waals surface area contributed by atoms with Crippen LogP contribution >= 0.6 is 0 Å². The van der Waals surface area contributed by atoms with Crippen LogP contribution in [0.3, 0.4) is 0 Å². The molecule has 0 unspecified atom stereocenters. The largest absolute Gasteiger partial charge is 0.497 e. The summed E-state index contributed by atoms with van der Waals surface area (Å²) in [4.78, 5) is 16.7. The molecule has 0 saturated carbocycles. The van der Waals surface area contributed by atoms with Gasteiger partial charge in [0.1, 0.15) is 17.3 Å². The zero-order valence-electron chi connectivity index (χ0n) is 16.2. The predicted octanol–water partition coefficient (Wildman–Crippen LogP) is 2.83. The lowest BCUT2D eigenvalue weighted by molar-refractivity contribution is -0.115. The molecule has 1 amide bonds. The van der Waals surface area contributed by atoms with Gasteiger partial charge in [0.25, 0.3) is 5.91 Å². The second-order valence-corrected chi connectivity index (χ2v) is 6.03. The molecule has 1 heterocycles. The molecule has 1 aliphatic rings. The Kier molecular flexibility index (Phi) is 5.84. The fourth-order valence-corrected chi connectivity index (χ4v) is 2.88. The zero-order chi connectivity index (χ0) is 20.1. The van der Waals surface area contributed by atoms with Gasteiger partial charge in [0.15, 0.2) is 11.5 Å². The maximum atomic E-state index is 12.3. The molecule has 2 aromatic rings. The number of ether oxygens (including phenoxy) is 4. The summed E-state index contributed by atoms with van der Waals surface area (Å²) in [5.41, 5.74) is 2.06. The molecule has 7 heteroatoms. The van der Waals surface area contributed by atoms with Crippen molar-refractivity contribution in [2.45, 2.75) is 6.42 Å². The van der Waals surface area contributed by atoms with Crippen LogP contribution in [0.1, 0.15) is 11.1 Å². The number of amides is 1. The van der Waals surface area contributed by atoms with Gasteiger partial charge in [-0.15, -0.1) is 0 Å². The van der Waals surface area contributed by atoms with E-state index in [-0.39, 0.29) is 5.91 Å². The highest BCUT2D eigenvalue weighted by atomic mass is 16.5. The number of rotatable bonds is 7. The van der Waals surface area contributed by atoms with Gasteiger partial charge < -0.3 is 24.3 Å². The molecule has 0 aromatic heterocycles. The standard InChI is InChI=1S/C21H22N2O5/c1-25-15-7-5-13(6-8-15)12-19-22-16(21(24)23-19)9-14-10-17(26-2)20(28-4)18(11-14)27-3/h5-11H,12H2,1-4H3,(H,22,23,24)/b16-9+. The number of benzene rings is 2. The van der Waals surface area contributed by atoms with E-state index in [0.717, 1.165) is 11.3 Å². The normalized spacial score (nSPS) is 14.5. The fraction of sp³-hybridized carbons (Fsp3) is 0.238. The monoisotopic (exact) mass is 382 g/mol. The van der Waals surface area contributed by atoms with E-state index in [2.05, 4.69) is 10.3 Å². The maximum Gasteiger partial charge on any atom is 0.275 e. The summed E-state index contributed by atoms with van der Waals surface area (Å²) < 4.78 is 21.2. The topological polar surface area (TPSA) is 78.4 Å². The van der Waals surface area contributed by atoms with Crippen molar-refractivity contribution >= 4 is 17.8 Å². The Balaban J connectivity index is 1.86. The van der Waals surface area contributed by atoms with Gasteiger partial charge in [-0.25, -0.2) is 4.99 Å². The minimum atomic E-state index is -0.253. The average molecular weight is 382 g/mol. The van der Waals surface area contributed by atoms with Crippen molar-refractivity contribution in [2.24, 2.45) is 4.99 Å². The van der Waals surface area contributed by atoms with E-state index in [1.807, 2.05) is 24.3 Å². The predicted molar refractivity (Wildman–Crippen MR) is 106 cm³/mol. The molecular formula is C21H22N2O5. The first-order valence-electron chi connectivity index (χ1n) is 8.61. The van der Waals surface area contributed by atoms with Crippen LogP contribution in [0, 0.1) is 0 Å². The molecule has 0 fully saturated rings. The third-order valence-electron chi connectivity index (χ3n) is 4.27. The molecular weight excluding hydrogens is 360 g/mol. The first kappa shape index (κ1) is 19.3. The summed E-state index contributed by atoms with van der Waals surface area (Å²) in [6, 6.07) is 11.2. The molecule has 1 N–H and O–H groups in total. The summed E-state index contributed by atoms with van der Waals surface area (Å²) in [5.74, 6) is 2.63.